The smallest absolute Gasteiger partial charge is 0.246 e. The highest BCUT2D eigenvalue weighted by molar-refractivity contribution is 5.99. The van der Waals surface area contributed by atoms with E-state index in [9.17, 15) is 19.5 Å². The Balaban J connectivity index is 1.75. The number of aliphatic hydroxyl groups excluding tert-OH is 1. The summed E-state index contributed by atoms with van der Waals surface area (Å²) in [6.45, 7) is 10.2. The summed E-state index contributed by atoms with van der Waals surface area (Å²) in [5, 5.41) is 16.5. The second-order valence-electron chi connectivity index (χ2n) is 11.6. The monoisotopic (exact) mass is 477 g/mol. The van der Waals surface area contributed by atoms with Crippen LogP contribution >= 0.6 is 0 Å². The highest BCUT2D eigenvalue weighted by Crippen LogP contribution is 2.65. The van der Waals surface area contributed by atoms with Crippen molar-refractivity contribution < 1.29 is 24.2 Å². The minimum Gasteiger partial charge on any atom is -0.394 e. The molecule has 3 amide bonds. The highest BCUT2D eigenvalue weighted by Gasteiger charge is 2.80. The summed E-state index contributed by atoms with van der Waals surface area (Å²) in [6.07, 6.45) is 6.58. The quantitative estimate of drug-likeness (QED) is 0.496. The zero-order chi connectivity index (χ0) is 24.8. The summed E-state index contributed by atoms with van der Waals surface area (Å²) in [4.78, 5) is 43.0. The third-order valence-corrected chi connectivity index (χ3v) is 9.10. The van der Waals surface area contributed by atoms with E-state index in [-0.39, 0.29) is 42.2 Å². The Labute approximate surface area is 203 Å². The number of fused-ring (bicyclic) bond motifs is 1. The maximum Gasteiger partial charge on any atom is 0.246 e. The fourth-order valence-electron chi connectivity index (χ4n) is 7.24. The molecule has 3 saturated heterocycles. The van der Waals surface area contributed by atoms with E-state index in [2.05, 4.69) is 17.6 Å². The lowest BCUT2D eigenvalue weighted by Gasteiger charge is -2.39. The molecule has 4 rings (SSSR count). The van der Waals surface area contributed by atoms with Gasteiger partial charge in [0.05, 0.1) is 30.1 Å². The Morgan fingerprint density at radius 1 is 1.21 bits per heavy atom. The van der Waals surface area contributed by atoms with Gasteiger partial charge < -0.3 is 25.4 Å². The van der Waals surface area contributed by atoms with E-state index in [4.69, 9.17) is 4.74 Å². The van der Waals surface area contributed by atoms with E-state index in [1.165, 1.54) is 6.42 Å². The number of amides is 3. The van der Waals surface area contributed by atoms with Crippen LogP contribution in [0.4, 0.5) is 0 Å². The predicted octanol–water partition coefficient (Wildman–Crippen LogP) is 1.99. The molecule has 8 heteroatoms. The SMILES string of the molecule is CCCNC(=O)[C@H]1[C@H]2C(=O)N([C@@H](CO)C(C)C)C(C(=O)NC3CCCCC3)C23CC(C)[C@]1(C)O3. The molecule has 0 aromatic heterocycles. The first kappa shape index (κ1) is 25.4. The van der Waals surface area contributed by atoms with Crippen molar-refractivity contribution in [1.29, 1.82) is 0 Å². The second-order valence-corrected chi connectivity index (χ2v) is 11.6. The maximum absolute atomic E-state index is 14.1. The minimum absolute atomic E-state index is 0.0190. The van der Waals surface area contributed by atoms with Crippen LogP contribution in [-0.2, 0) is 19.1 Å². The molecule has 4 aliphatic rings. The average Bonchev–Trinajstić information content (AvgIpc) is 3.30. The molecule has 7 atom stereocenters. The summed E-state index contributed by atoms with van der Waals surface area (Å²) in [5.74, 6) is -2.01. The van der Waals surface area contributed by atoms with Gasteiger partial charge in [-0.2, -0.15) is 0 Å². The molecule has 3 aliphatic heterocycles. The largest absolute Gasteiger partial charge is 0.394 e. The molecule has 0 aromatic carbocycles. The van der Waals surface area contributed by atoms with Gasteiger partial charge in [0.25, 0.3) is 0 Å². The van der Waals surface area contributed by atoms with Gasteiger partial charge >= 0.3 is 0 Å². The molecular weight excluding hydrogens is 434 g/mol. The first-order valence-electron chi connectivity index (χ1n) is 13.3. The summed E-state index contributed by atoms with van der Waals surface area (Å²) >= 11 is 0. The van der Waals surface area contributed by atoms with Crippen LogP contribution in [-0.4, -0.2) is 70.2 Å². The van der Waals surface area contributed by atoms with E-state index < -0.39 is 35.1 Å². The Hall–Kier alpha value is -1.67. The lowest BCUT2D eigenvalue weighted by molar-refractivity contribution is -0.152. The fraction of sp³-hybridized carbons (Fsp3) is 0.885. The standard InChI is InChI=1S/C26H43N3O5/c1-6-12-27-22(31)19-20-24(33)29(18(14-30)15(2)3)21(23(32)28-17-10-8-7-9-11-17)26(20)13-16(4)25(19,5)34-26/h15-21,30H,6-14H2,1-5H3,(H,27,31)(H,28,32)/t16?,18-,19+,20-,21?,25-,26?/m0/s1. The van der Waals surface area contributed by atoms with Crippen LogP contribution in [0, 0.1) is 23.7 Å². The molecule has 34 heavy (non-hydrogen) atoms. The molecule has 1 saturated carbocycles. The summed E-state index contributed by atoms with van der Waals surface area (Å²) in [7, 11) is 0. The van der Waals surface area contributed by atoms with Crippen LogP contribution in [0.1, 0.15) is 79.6 Å². The Bertz CT molecular complexity index is 812. The van der Waals surface area contributed by atoms with Gasteiger partial charge in [0.1, 0.15) is 11.6 Å². The number of nitrogens with one attached hydrogen (secondary N) is 2. The number of aliphatic hydroxyl groups is 1. The van der Waals surface area contributed by atoms with Crippen LogP contribution in [0.25, 0.3) is 0 Å². The topological polar surface area (TPSA) is 108 Å². The third-order valence-electron chi connectivity index (χ3n) is 9.10. The number of hydrogen-bond donors (Lipinski definition) is 3. The van der Waals surface area contributed by atoms with Crippen molar-refractivity contribution in [3.05, 3.63) is 0 Å². The zero-order valence-electron chi connectivity index (χ0n) is 21.4. The van der Waals surface area contributed by atoms with Crippen LogP contribution in [0.3, 0.4) is 0 Å². The van der Waals surface area contributed by atoms with Crippen molar-refractivity contribution in [3.8, 4) is 0 Å². The summed E-state index contributed by atoms with van der Waals surface area (Å²) < 4.78 is 6.73. The number of hydrogen-bond acceptors (Lipinski definition) is 5. The Kier molecular flexibility index (Phi) is 7.04. The van der Waals surface area contributed by atoms with Gasteiger partial charge in [0.15, 0.2) is 0 Å². The van der Waals surface area contributed by atoms with E-state index in [1.807, 2.05) is 27.7 Å². The third kappa shape index (κ3) is 3.76. The van der Waals surface area contributed by atoms with Crippen LogP contribution < -0.4 is 10.6 Å². The van der Waals surface area contributed by atoms with Gasteiger partial charge in [-0.1, -0.05) is 47.0 Å². The van der Waals surface area contributed by atoms with Crippen molar-refractivity contribution in [2.45, 2.75) is 109 Å². The van der Waals surface area contributed by atoms with Crippen molar-refractivity contribution in [3.63, 3.8) is 0 Å². The Morgan fingerprint density at radius 2 is 1.88 bits per heavy atom. The molecule has 3 unspecified atom stereocenters. The number of ether oxygens (including phenoxy) is 1. The normalized spacial score (nSPS) is 38.3. The Morgan fingerprint density at radius 3 is 2.47 bits per heavy atom. The van der Waals surface area contributed by atoms with E-state index in [1.54, 1.807) is 4.90 Å². The first-order chi connectivity index (χ1) is 16.1. The maximum atomic E-state index is 14.1. The zero-order valence-corrected chi connectivity index (χ0v) is 21.4. The molecule has 192 valence electrons. The van der Waals surface area contributed by atoms with Gasteiger partial charge in [-0.15, -0.1) is 0 Å². The molecule has 2 bridgehead atoms. The highest BCUT2D eigenvalue weighted by atomic mass is 16.5. The number of carbonyl (C=O) groups is 3. The molecule has 0 aromatic rings. The lowest BCUT2D eigenvalue weighted by Crippen LogP contribution is -2.60. The fourth-order valence-corrected chi connectivity index (χ4v) is 7.24. The molecule has 8 nitrogen and oxygen atoms in total. The van der Waals surface area contributed by atoms with Crippen molar-refractivity contribution >= 4 is 17.7 Å². The van der Waals surface area contributed by atoms with Crippen molar-refractivity contribution in [1.82, 2.24) is 15.5 Å². The van der Waals surface area contributed by atoms with Crippen LogP contribution in [0.5, 0.6) is 0 Å². The average molecular weight is 478 g/mol. The van der Waals surface area contributed by atoms with Crippen molar-refractivity contribution in [2.75, 3.05) is 13.2 Å². The number of likely N-dealkylation sites (tertiary alicyclic amines) is 1. The first-order valence-corrected chi connectivity index (χ1v) is 13.3. The molecule has 3 heterocycles. The molecular formula is C26H43N3O5. The summed E-state index contributed by atoms with van der Waals surface area (Å²) in [5.41, 5.74) is -1.86. The van der Waals surface area contributed by atoms with E-state index >= 15 is 0 Å². The number of nitrogens with zero attached hydrogens (tertiary/aromatic N) is 1. The molecule has 4 fully saturated rings. The van der Waals surface area contributed by atoms with Crippen LogP contribution in [0.2, 0.25) is 0 Å². The van der Waals surface area contributed by atoms with Crippen molar-refractivity contribution in [2.24, 2.45) is 23.7 Å². The summed E-state index contributed by atoms with van der Waals surface area (Å²) in [6, 6.07) is -1.27. The minimum atomic E-state index is -1.06. The van der Waals surface area contributed by atoms with Gasteiger partial charge in [0.2, 0.25) is 17.7 Å². The number of rotatable bonds is 8. The number of carbonyl (C=O) groups excluding carboxylic acids is 3. The second kappa shape index (κ2) is 9.41. The molecule has 1 aliphatic carbocycles. The van der Waals surface area contributed by atoms with E-state index in [0.29, 0.717) is 13.0 Å². The lowest BCUT2D eigenvalue weighted by atomic mass is 9.62. The van der Waals surface area contributed by atoms with Gasteiger partial charge in [-0.25, -0.2) is 0 Å². The van der Waals surface area contributed by atoms with Gasteiger partial charge in [0, 0.05) is 12.6 Å². The molecule has 3 N–H and O–H groups in total. The van der Waals surface area contributed by atoms with Crippen LogP contribution in [0.15, 0.2) is 0 Å². The predicted molar refractivity (Wildman–Crippen MR) is 128 cm³/mol. The van der Waals surface area contributed by atoms with Gasteiger partial charge in [-0.05, 0) is 44.4 Å². The molecule has 1 spiro atoms. The molecule has 0 radical (unpaired) electrons. The van der Waals surface area contributed by atoms with Gasteiger partial charge in [-0.3, -0.25) is 14.4 Å². The van der Waals surface area contributed by atoms with E-state index in [0.717, 1.165) is 32.1 Å².